The highest BCUT2D eigenvalue weighted by molar-refractivity contribution is 7.15. The van der Waals surface area contributed by atoms with Crippen LogP contribution in [-0.2, 0) is 0 Å². The summed E-state index contributed by atoms with van der Waals surface area (Å²) in [4.78, 5) is 26.9. The molecule has 0 saturated carbocycles. The third-order valence-electron chi connectivity index (χ3n) is 2.45. The van der Waals surface area contributed by atoms with Crippen molar-refractivity contribution in [1.29, 1.82) is 0 Å². The van der Waals surface area contributed by atoms with E-state index in [9.17, 15) is 14.9 Å². The first-order chi connectivity index (χ1) is 8.16. The summed E-state index contributed by atoms with van der Waals surface area (Å²) in [5.74, 6) is 0. The molecule has 17 heavy (non-hydrogen) atoms. The zero-order valence-corrected chi connectivity index (χ0v) is 9.18. The molecule has 1 aromatic carbocycles. The minimum Gasteiger partial charge on any atom is -0.268 e. The van der Waals surface area contributed by atoms with E-state index < -0.39 is 4.92 Å². The van der Waals surface area contributed by atoms with Crippen LogP contribution in [0.3, 0.4) is 0 Å². The van der Waals surface area contributed by atoms with Gasteiger partial charge in [-0.2, -0.15) is 0 Å². The van der Waals surface area contributed by atoms with Crippen LogP contribution in [0.25, 0.3) is 15.9 Å². The minimum atomic E-state index is -0.503. The van der Waals surface area contributed by atoms with Gasteiger partial charge in [-0.25, -0.2) is 4.98 Å². The average Bonchev–Trinajstić information content (AvgIpc) is 2.77. The van der Waals surface area contributed by atoms with Crippen molar-refractivity contribution in [3.05, 3.63) is 50.2 Å². The molecule has 0 amide bonds. The van der Waals surface area contributed by atoms with Gasteiger partial charge in [0.1, 0.15) is 0 Å². The number of rotatable bonds is 1. The van der Waals surface area contributed by atoms with Crippen molar-refractivity contribution in [3.8, 4) is 0 Å². The van der Waals surface area contributed by atoms with Crippen LogP contribution in [0.1, 0.15) is 0 Å². The molecule has 84 valence electrons. The number of nitro benzene ring substituents is 1. The number of hydrogen-bond acceptors (Lipinski definition) is 5. The molecule has 2 heterocycles. The summed E-state index contributed by atoms with van der Waals surface area (Å²) >= 11 is 1.31. The van der Waals surface area contributed by atoms with Gasteiger partial charge in [-0.1, -0.05) is 0 Å². The lowest BCUT2D eigenvalue weighted by molar-refractivity contribution is -0.384. The number of nitrogens with zero attached hydrogens (tertiary/aromatic N) is 3. The molecule has 0 radical (unpaired) electrons. The fraction of sp³-hybridized carbons (Fsp3) is 0. The molecule has 0 aliphatic rings. The molecule has 0 saturated heterocycles. The van der Waals surface area contributed by atoms with Gasteiger partial charge in [0, 0.05) is 23.7 Å². The summed E-state index contributed by atoms with van der Waals surface area (Å²) in [6.07, 6.45) is 1.64. The number of benzene rings is 1. The number of fused-ring (bicyclic) bond motifs is 2. The van der Waals surface area contributed by atoms with Crippen LogP contribution in [0, 0.1) is 10.1 Å². The number of thiazole rings is 1. The highest BCUT2D eigenvalue weighted by Gasteiger charge is 2.11. The number of nitro groups is 1. The standard InChI is InChI=1S/C10H5N3O3S/c14-9-7-2-1-6(13(15)16)5-8(7)11-10-12(9)3-4-17-10/h1-5H. The molecule has 6 nitrogen and oxygen atoms in total. The first-order valence-electron chi connectivity index (χ1n) is 4.71. The second-order valence-corrected chi connectivity index (χ2v) is 4.30. The average molecular weight is 247 g/mol. The Morgan fingerprint density at radius 2 is 2.24 bits per heavy atom. The largest absolute Gasteiger partial charge is 0.271 e. The summed E-state index contributed by atoms with van der Waals surface area (Å²) < 4.78 is 1.43. The van der Waals surface area contributed by atoms with Crippen molar-refractivity contribution < 1.29 is 4.92 Å². The summed E-state index contributed by atoms with van der Waals surface area (Å²) in [7, 11) is 0. The molecule has 0 unspecified atom stereocenters. The smallest absolute Gasteiger partial charge is 0.268 e. The van der Waals surface area contributed by atoms with E-state index in [2.05, 4.69) is 4.98 Å². The lowest BCUT2D eigenvalue weighted by Gasteiger charge is -1.98. The Morgan fingerprint density at radius 1 is 1.41 bits per heavy atom. The van der Waals surface area contributed by atoms with Crippen LogP contribution in [0.5, 0.6) is 0 Å². The molecule has 3 rings (SSSR count). The summed E-state index contributed by atoms with van der Waals surface area (Å²) in [5.41, 5.74) is 0.0816. The first-order valence-corrected chi connectivity index (χ1v) is 5.59. The van der Waals surface area contributed by atoms with Crippen molar-refractivity contribution in [3.63, 3.8) is 0 Å². The predicted octanol–water partition coefficient (Wildman–Crippen LogP) is 1.82. The summed E-state index contributed by atoms with van der Waals surface area (Å²) in [5, 5.41) is 12.8. The molecule has 0 bridgehead atoms. The van der Waals surface area contributed by atoms with Crippen molar-refractivity contribution in [2.24, 2.45) is 0 Å². The lowest BCUT2D eigenvalue weighted by atomic mass is 10.2. The summed E-state index contributed by atoms with van der Waals surface area (Å²) in [6.45, 7) is 0. The first kappa shape index (κ1) is 9.91. The number of aromatic nitrogens is 2. The van der Waals surface area contributed by atoms with Crippen LogP contribution < -0.4 is 5.56 Å². The van der Waals surface area contributed by atoms with Crippen LogP contribution in [-0.4, -0.2) is 14.3 Å². The normalized spacial score (nSPS) is 11.1. The molecule has 3 aromatic rings. The van der Waals surface area contributed by atoms with Gasteiger partial charge >= 0.3 is 0 Å². The Bertz CT molecular complexity index is 805. The maximum Gasteiger partial charge on any atom is 0.271 e. The molecule has 0 N–H and O–H groups in total. The van der Waals surface area contributed by atoms with E-state index in [1.54, 1.807) is 11.6 Å². The molecule has 0 atom stereocenters. The number of hydrogen-bond donors (Lipinski definition) is 0. The Kier molecular flexibility index (Phi) is 1.96. The van der Waals surface area contributed by atoms with E-state index in [0.717, 1.165) is 0 Å². The van der Waals surface area contributed by atoms with Gasteiger partial charge in [-0.15, -0.1) is 11.3 Å². The fourth-order valence-electron chi connectivity index (χ4n) is 1.65. The third kappa shape index (κ3) is 1.40. The van der Waals surface area contributed by atoms with Crippen molar-refractivity contribution in [1.82, 2.24) is 9.38 Å². The van der Waals surface area contributed by atoms with Crippen LogP contribution >= 0.6 is 11.3 Å². The lowest BCUT2D eigenvalue weighted by Crippen LogP contribution is -2.12. The SMILES string of the molecule is O=c1c2ccc([N+](=O)[O-])cc2nc2sccn12. The molecule has 0 aliphatic heterocycles. The van der Waals surface area contributed by atoms with Gasteiger partial charge in [0.15, 0.2) is 4.96 Å². The predicted molar refractivity (Wildman–Crippen MR) is 63.5 cm³/mol. The molecule has 7 heteroatoms. The molecular formula is C10H5N3O3S. The highest BCUT2D eigenvalue weighted by Crippen LogP contribution is 2.18. The maximum atomic E-state index is 12.0. The van der Waals surface area contributed by atoms with Crippen LogP contribution in [0.4, 0.5) is 5.69 Å². The Morgan fingerprint density at radius 3 is 3.00 bits per heavy atom. The number of non-ortho nitro benzene ring substituents is 1. The quantitative estimate of drug-likeness (QED) is 0.485. The maximum absolute atomic E-state index is 12.0. The van der Waals surface area contributed by atoms with Gasteiger partial charge in [-0.3, -0.25) is 19.3 Å². The fourth-order valence-corrected chi connectivity index (χ4v) is 2.36. The van der Waals surface area contributed by atoms with Crippen LogP contribution in [0.15, 0.2) is 34.6 Å². The molecule has 0 aliphatic carbocycles. The van der Waals surface area contributed by atoms with Crippen molar-refractivity contribution in [2.45, 2.75) is 0 Å². The van der Waals surface area contributed by atoms with E-state index in [4.69, 9.17) is 0 Å². The van der Waals surface area contributed by atoms with Gasteiger partial charge in [0.05, 0.1) is 15.8 Å². The van der Waals surface area contributed by atoms with Gasteiger partial charge in [-0.05, 0) is 6.07 Å². The molecule has 2 aromatic heterocycles. The molecular weight excluding hydrogens is 242 g/mol. The van der Waals surface area contributed by atoms with Crippen molar-refractivity contribution in [2.75, 3.05) is 0 Å². The zero-order valence-electron chi connectivity index (χ0n) is 8.36. The second kappa shape index (κ2) is 3.36. The second-order valence-electron chi connectivity index (χ2n) is 3.43. The Balaban J connectivity index is 2.48. The van der Waals surface area contributed by atoms with Crippen LogP contribution in [0.2, 0.25) is 0 Å². The molecule has 0 spiro atoms. The zero-order chi connectivity index (χ0) is 12.0. The monoisotopic (exact) mass is 247 g/mol. The Labute approximate surface area is 97.9 Å². The van der Waals surface area contributed by atoms with Gasteiger partial charge in [0.25, 0.3) is 11.2 Å². The third-order valence-corrected chi connectivity index (χ3v) is 3.20. The Hall–Kier alpha value is -2.28. The van der Waals surface area contributed by atoms with Crippen molar-refractivity contribution >= 4 is 32.9 Å². The van der Waals surface area contributed by atoms with E-state index in [-0.39, 0.29) is 11.2 Å². The van der Waals surface area contributed by atoms with E-state index >= 15 is 0 Å². The topological polar surface area (TPSA) is 77.5 Å². The molecule has 0 fully saturated rings. The van der Waals surface area contributed by atoms with Gasteiger partial charge < -0.3 is 0 Å². The minimum absolute atomic E-state index is 0.0645. The van der Waals surface area contributed by atoms with E-state index in [1.165, 1.54) is 33.9 Å². The highest BCUT2D eigenvalue weighted by atomic mass is 32.1. The van der Waals surface area contributed by atoms with E-state index in [0.29, 0.717) is 15.9 Å². The summed E-state index contributed by atoms with van der Waals surface area (Å²) in [6, 6.07) is 4.06. The van der Waals surface area contributed by atoms with E-state index in [1.807, 2.05) is 0 Å². The van der Waals surface area contributed by atoms with Gasteiger partial charge in [0.2, 0.25) is 0 Å².